The van der Waals surface area contributed by atoms with Crippen LogP contribution in [0.4, 0.5) is 0 Å². The molecule has 0 aliphatic carbocycles. The van der Waals surface area contributed by atoms with Crippen LogP contribution in [0.25, 0.3) is 0 Å². The van der Waals surface area contributed by atoms with E-state index in [0.717, 1.165) is 19.4 Å². The average Bonchev–Trinajstić information content (AvgIpc) is 2.31. The van der Waals surface area contributed by atoms with Gasteiger partial charge in [0.2, 0.25) is 0 Å². The van der Waals surface area contributed by atoms with E-state index in [2.05, 4.69) is 37.4 Å². The molecule has 0 aliphatic rings. The van der Waals surface area contributed by atoms with Gasteiger partial charge in [-0.15, -0.1) is 0 Å². The van der Waals surface area contributed by atoms with E-state index >= 15 is 0 Å². The molecule has 0 aromatic heterocycles. The molecule has 96 valence electrons. The number of rotatable bonds is 7. The first-order valence-electron chi connectivity index (χ1n) is 6.31. The minimum atomic E-state index is 0.217. The second-order valence-corrected chi connectivity index (χ2v) is 4.48. The van der Waals surface area contributed by atoms with Gasteiger partial charge in [-0.25, -0.2) is 0 Å². The van der Waals surface area contributed by atoms with Gasteiger partial charge in [-0.3, -0.25) is 0 Å². The Bertz CT molecular complexity index is 319. The molecular formula is C14H24N2O. The number of aryl methyl sites for hydroxylation is 2. The van der Waals surface area contributed by atoms with Crippen molar-refractivity contribution in [1.29, 1.82) is 0 Å². The maximum Gasteiger partial charge on any atom is 0.0449 e. The third-order valence-electron chi connectivity index (χ3n) is 3.10. The van der Waals surface area contributed by atoms with E-state index in [1.54, 1.807) is 0 Å². The van der Waals surface area contributed by atoms with Gasteiger partial charge in [0.25, 0.3) is 0 Å². The summed E-state index contributed by atoms with van der Waals surface area (Å²) in [5.74, 6) is 0. The largest absolute Gasteiger partial charge is 0.396 e. The van der Waals surface area contributed by atoms with Gasteiger partial charge < -0.3 is 16.2 Å². The first-order valence-corrected chi connectivity index (χ1v) is 6.31. The maximum atomic E-state index is 8.74. The summed E-state index contributed by atoms with van der Waals surface area (Å²) >= 11 is 0. The van der Waals surface area contributed by atoms with Crippen LogP contribution in [0.1, 0.15) is 35.6 Å². The van der Waals surface area contributed by atoms with E-state index < -0.39 is 0 Å². The van der Waals surface area contributed by atoms with Crippen molar-refractivity contribution in [1.82, 2.24) is 5.32 Å². The van der Waals surface area contributed by atoms with Gasteiger partial charge in [0.05, 0.1) is 0 Å². The molecule has 3 nitrogen and oxygen atoms in total. The fourth-order valence-corrected chi connectivity index (χ4v) is 2.19. The van der Waals surface area contributed by atoms with Gasteiger partial charge in [-0.05, 0) is 49.9 Å². The van der Waals surface area contributed by atoms with Crippen LogP contribution < -0.4 is 11.1 Å². The van der Waals surface area contributed by atoms with Crippen LogP contribution in [-0.2, 0) is 0 Å². The van der Waals surface area contributed by atoms with Crippen molar-refractivity contribution < 1.29 is 5.11 Å². The summed E-state index contributed by atoms with van der Waals surface area (Å²) < 4.78 is 0. The summed E-state index contributed by atoms with van der Waals surface area (Å²) in [5, 5.41) is 12.2. The Morgan fingerprint density at radius 3 is 2.41 bits per heavy atom. The molecule has 1 rings (SSSR count). The second-order valence-electron chi connectivity index (χ2n) is 4.48. The number of hydrogen-bond donors (Lipinski definition) is 3. The van der Waals surface area contributed by atoms with Crippen LogP contribution in [0.15, 0.2) is 18.2 Å². The molecule has 0 fully saturated rings. The predicted molar refractivity (Wildman–Crippen MR) is 72.0 cm³/mol. The fraction of sp³-hybridized carbons (Fsp3) is 0.571. The summed E-state index contributed by atoms with van der Waals surface area (Å²) in [7, 11) is 0. The molecule has 1 unspecified atom stereocenters. The first kappa shape index (κ1) is 14.2. The molecule has 0 aliphatic heterocycles. The minimum Gasteiger partial charge on any atom is -0.396 e. The summed E-state index contributed by atoms with van der Waals surface area (Å²) in [5.41, 5.74) is 9.74. The zero-order valence-electron chi connectivity index (χ0n) is 10.9. The summed E-state index contributed by atoms with van der Waals surface area (Å²) in [6.45, 7) is 6.01. The van der Waals surface area contributed by atoms with Crippen molar-refractivity contribution in [2.75, 3.05) is 19.7 Å². The maximum absolute atomic E-state index is 8.74. The Balaban J connectivity index is 2.66. The quantitative estimate of drug-likeness (QED) is 0.631. The van der Waals surface area contributed by atoms with Crippen LogP contribution in [0.5, 0.6) is 0 Å². The van der Waals surface area contributed by atoms with E-state index in [1.807, 2.05) is 0 Å². The van der Waals surface area contributed by atoms with Crippen molar-refractivity contribution in [2.45, 2.75) is 32.7 Å². The molecule has 0 amide bonds. The number of nitrogens with two attached hydrogens (primary N) is 1. The van der Waals surface area contributed by atoms with Crippen molar-refractivity contribution in [3.63, 3.8) is 0 Å². The van der Waals surface area contributed by atoms with E-state index in [1.165, 1.54) is 16.7 Å². The highest BCUT2D eigenvalue weighted by Gasteiger charge is 2.13. The summed E-state index contributed by atoms with van der Waals surface area (Å²) in [6, 6.07) is 6.55. The molecule has 0 saturated carbocycles. The molecule has 1 aromatic carbocycles. The number of nitrogens with one attached hydrogen (secondary N) is 1. The van der Waals surface area contributed by atoms with E-state index in [9.17, 15) is 0 Å². The number of unbranched alkanes of at least 4 members (excludes halogenated alkanes) is 1. The Kier molecular flexibility index (Phi) is 6.19. The smallest absolute Gasteiger partial charge is 0.0449 e. The Morgan fingerprint density at radius 2 is 1.88 bits per heavy atom. The van der Waals surface area contributed by atoms with Crippen LogP contribution in [0.3, 0.4) is 0 Å². The van der Waals surface area contributed by atoms with E-state index in [-0.39, 0.29) is 12.6 Å². The standard InChI is InChI=1S/C14H24N2O/c1-11-6-5-7-12(2)14(11)13(10-15)16-8-3-4-9-17/h5-7,13,16-17H,3-4,8-10,15H2,1-2H3. The van der Waals surface area contributed by atoms with E-state index in [0.29, 0.717) is 6.54 Å². The monoisotopic (exact) mass is 236 g/mol. The highest BCUT2D eigenvalue weighted by atomic mass is 16.2. The Hall–Kier alpha value is -0.900. The van der Waals surface area contributed by atoms with Gasteiger partial charge in [-0.2, -0.15) is 0 Å². The van der Waals surface area contributed by atoms with Crippen LogP contribution >= 0.6 is 0 Å². The SMILES string of the molecule is Cc1cccc(C)c1C(CN)NCCCCO. The predicted octanol–water partition coefficient (Wildman–Crippen LogP) is 1.67. The van der Waals surface area contributed by atoms with Crippen molar-refractivity contribution in [3.8, 4) is 0 Å². The molecule has 1 aromatic rings. The molecule has 3 heteroatoms. The van der Waals surface area contributed by atoms with Crippen LogP contribution in [0, 0.1) is 13.8 Å². The molecule has 17 heavy (non-hydrogen) atoms. The molecule has 4 N–H and O–H groups in total. The fourth-order valence-electron chi connectivity index (χ4n) is 2.19. The van der Waals surface area contributed by atoms with Crippen molar-refractivity contribution in [3.05, 3.63) is 34.9 Å². The number of aliphatic hydroxyl groups excluding tert-OH is 1. The van der Waals surface area contributed by atoms with Gasteiger partial charge in [0, 0.05) is 19.2 Å². The zero-order chi connectivity index (χ0) is 12.7. The van der Waals surface area contributed by atoms with Crippen LogP contribution in [0.2, 0.25) is 0 Å². The zero-order valence-corrected chi connectivity index (χ0v) is 10.9. The summed E-state index contributed by atoms with van der Waals surface area (Å²) in [4.78, 5) is 0. The highest BCUT2D eigenvalue weighted by Crippen LogP contribution is 2.21. The normalized spacial score (nSPS) is 12.7. The summed E-state index contributed by atoms with van der Waals surface area (Å²) in [6.07, 6.45) is 1.83. The molecule has 0 spiro atoms. The number of hydrogen-bond acceptors (Lipinski definition) is 3. The van der Waals surface area contributed by atoms with E-state index in [4.69, 9.17) is 10.8 Å². The molecular weight excluding hydrogens is 212 g/mol. The number of aliphatic hydroxyl groups is 1. The third kappa shape index (κ3) is 4.11. The number of benzene rings is 1. The third-order valence-corrected chi connectivity index (χ3v) is 3.10. The molecule has 1 atom stereocenters. The van der Waals surface area contributed by atoms with Crippen molar-refractivity contribution in [2.24, 2.45) is 5.73 Å². The molecule has 0 radical (unpaired) electrons. The van der Waals surface area contributed by atoms with Gasteiger partial charge in [0.15, 0.2) is 0 Å². The Labute approximate surface area is 104 Å². The topological polar surface area (TPSA) is 58.3 Å². The highest BCUT2D eigenvalue weighted by molar-refractivity contribution is 5.36. The molecule has 0 saturated heterocycles. The average molecular weight is 236 g/mol. The van der Waals surface area contributed by atoms with Gasteiger partial charge >= 0.3 is 0 Å². The Morgan fingerprint density at radius 1 is 1.24 bits per heavy atom. The molecule has 0 bridgehead atoms. The minimum absolute atomic E-state index is 0.217. The lowest BCUT2D eigenvalue weighted by Crippen LogP contribution is -2.30. The van der Waals surface area contributed by atoms with Gasteiger partial charge in [-0.1, -0.05) is 18.2 Å². The molecule has 0 heterocycles. The van der Waals surface area contributed by atoms with Crippen LogP contribution in [-0.4, -0.2) is 24.8 Å². The van der Waals surface area contributed by atoms with Crippen molar-refractivity contribution >= 4 is 0 Å². The first-order chi connectivity index (χ1) is 8.20. The van der Waals surface area contributed by atoms with Gasteiger partial charge in [0.1, 0.15) is 0 Å². The lowest BCUT2D eigenvalue weighted by Gasteiger charge is -2.21. The lowest BCUT2D eigenvalue weighted by atomic mass is 9.96. The lowest BCUT2D eigenvalue weighted by molar-refractivity contribution is 0.282. The second kappa shape index (κ2) is 7.43.